The van der Waals surface area contributed by atoms with E-state index in [-0.39, 0.29) is 6.09 Å². The molecule has 0 aromatic heterocycles. The summed E-state index contributed by atoms with van der Waals surface area (Å²) in [7, 11) is 0. The first kappa shape index (κ1) is 21.2. The van der Waals surface area contributed by atoms with Crippen LogP contribution in [0, 0.1) is 5.92 Å². The summed E-state index contributed by atoms with van der Waals surface area (Å²) in [5.41, 5.74) is -0.442. The number of thioether (sulfide) groups is 1. The predicted octanol–water partition coefficient (Wildman–Crippen LogP) is 3.08. The Kier molecular flexibility index (Phi) is 8.38. The highest BCUT2D eigenvalue weighted by atomic mass is 32.2. The normalized spacial score (nSPS) is 24.5. The lowest BCUT2D eigenvalue weighted by Gasteiger charge is -2.33. The molecule has 1 amide bonds. The van der Waals surface area contributed by atoms with Crippen molar-refractivity contribution >= 4 is 23.8 Å². The highest BCUT2D eigenvalue weighted by Crippen LogP contribution is 2.25. The van der Waals surface area contributed by atoms with Crippen LogP contribution in [0.25, 0.3) is 0 Å². The van der Waals surface area contributed by atoms with Gasteiger partial charge in [-0.1, -0.05) is 0 Å². The molecule has 0 aromatic rings. The lowest BCUT2D eigenvalue weighted by molar-refractivity contribution is 0.0170. The molecule has 2 rings (SSSR count). The van der Waals surface area contributed by atoms with E-state index in [0.717, 1.165) is 51.5 Å². The quantitative estimate of drug-likeness (QED) is 0.563. The summed E-state index contributed by atoms with van der Waals surface area (Å²) < 4.78 is 5.51. The monoisotopic (exact) mass is 384 g/mol. The van der Waals surface area contributed by atoms with Crippen LogP contribution >= 0.6 is 11.8 Å². The summed E-state index contributed by atoms with van der Waals surface area (Å²) in [4.78, 5) is 18.9. The molecule has 0 saturated carbocycles. The van der Waals surface area contributed by atoms with Gasteiger partial charge in [-0.25, -0.2) is 4.79 Å². The summed E-state index contributed by atoms with van der Waals surface area (Å²) in [6, 6.07) is 0. The molecular weight excluding hydrogens is 348 g/mol. The first-order valence-corrected chi connectivity index (χ1v) is 11.0. The highest BCUT2D eigenvalue weighted by molar-refractivity contribution is 8.00. The number of rotatable bonds is 5. The van der Waals surface area contributed by atoms with Gasteiger partial charge >= 0.3 is 6.09 Å². The Balaban J connectivity index is 1.81. The standard InChI is InChI=1S/C19H36N4O2S/c1-5-20-17(22-13-16-9-7-11-26-16)21-12-15-8-6-10-23(14-15)18(24)25-19(2,3)4/h15-16H,5-14H2,1-4H3,(H2,20,21,22). The van der Waals surface area contributed by atoms with E-state index >= 15 is 0 Å². The van der Waals surface area contributed by atoms with Gasteiger partial charge < -0.3 is 20.3 Å². The van der Waals surface area contributed by atoms with Crippen molar-refractivity contribution in [3.05, 3.63) is 0 Å². The number of piperidine rings is 1. The van der Waals surface area contributed by atoms with E-state index in [9.17, 15) is 4.79 Å². The summed E-state index contributed by atoms with van der Waals surface area (Å²) >= 11 is 2.05. The number of hydrogen-bond donors (Lipinski definition) is 2. The zero-order chi connectivity index (χ0) is 19.0. The van der Waals surface area contributed by atoms with Gasteiger partial charge in [0.15, 0.2) is 5.96 Å². The van der Waals surface area contributed by atoms with Gasteiger partial charge in [0.25, 0.3) is 0 Å². The molecule has 0 radical (unpaired) electrons. The molecule has 0 bridgehead atoms. The Morgan fingerprint density at radius 1 is 1.27 bits per heavy atom. The fourth-order valence-corrected chi connectivity index (χ4v) is 4.49. The molecule has 26 heavy (non-hydrogen) atoms. The van der Waals surface area contributed by atoms with Gasteiger partial charge in [-0.2, -0.15) is 11.8 Å². The van der Waals surface area contributed by atoms with Crippen LogP contribution in [-0.4, -0.2) is 66.3 Å². The van der Waals surface area contributed by atoms with Crippen LogP contribution in [0.1, 0.15) is 53.4 Å². The van der Waals surface area contributed by atoms with Gasteiger partial charge in [-0.3, -0.25) is 4.99 Å². The van der Waals surface area contributed by atoms with E-state index in [0.29, 0.717) is 11.2 Å². The lowest BCUT2D eigenvalue weighted by atomic mass is 9.98. The first-order valence-electron chi connectivity index (χ1n) is 9.99. The maximum absolute atomic E-state index is 12.3. The Morgan fingerprint density at radius 2 is 2.08 bits per heavy atom. The second kappa shape index (κ2) is 10.3. The molecule has 7 heteroatoms. The maximum atomic E-state index is 12.3. The molecule has 2 fully saturated rings. The van der Waals surface area contributed by atoms with E-state index in [1.165, 1.54) is 18.6 Å². The number of hydrogen-bond acceptors (Lipinski definition) is 4. The number of nitrogens with one attached hydrogen (secondary N) is 2. The van der Waals surface area contributed by atoms with E-state index in [2.05, 4.69) is 29.3 Å². The minimum Gasteiger partial charge on any atom is -0.444 e. The molecule has 0 aromatic carbocycles. The maximum Gasteiger partial charge on any atom is 0.410 e. The number of ether oxygens (including phenoxy) is 1. The van der Waals surface area contributed by atoms with E-state index in [4.69, 9.17) is 9.73 Å². The number of amides is 1. The van der Waals surface area contributed by atoms with Crippen LogP contribution in [-0.2, 0) is 4.74 Å². The van der Waals surface area contributed by atoms with Gasteiger partial charge in [0.1, 0.15) is 5.60 Å². The highest BCUT2D eigenvalue weighted by Gasteiger charge is 2.27. The Bertz CT molecular complexity index is 473. The van der Waals surface area contributed by atoms with Gasteiger partial charge in [0.05, 0.1) is 0 Å². The summed E-state index contributed by atoms with van der Waals surface area (Å²) in [5.74, 6) is 2.57. The van der Waals surface area contributed by atoms with Crippen molar-refractivity contribution in [2.75, 3.05) is 38.5 Å². The minimum absolute atomic E-state index is 0.200. The number of aliphatic imine (C=N–C) groups is 1. The van der Waals surface area contributed by atoms with Gasteiger partial charge in [0.2, 0.25) is 0 Å². The van der Waals surface area contributed by atoms with E-state index in [1.54, 1.807) is 0 Å². The van der Waals surface area contributed by atoms with Gasteiger partial charge in [-0.05, 0) is 65.0 Å². The second-order valence-corrected chi connectivity index (χ2v) is 9.58. The molecule has 0 spiro atoms. The fourth-order valence-electron chi connectivity index (χ4n) is 3.28. The Hall–Kier alpha value is -1.11. The molecule has 6 nitrogen and oxygen atoms in total. The summed E-state index contributed by atoms with van der Waals surface area (Å²) in [6.07, 6.45) is 4.55. The van der Waals surface area contributed by atoms with Gasteiger partial charge in [0, 0.05) is 38.0 Å². The topological polar surface area (TPSA) is 66.0 Å². The van der Waals surface area contributed by atoms with Crippen LogP contribution in [0.2, 0.25) is 0 Å². The largest absolute Gasteiger partial charge is 0.444 e. The molecule has 2 unspecified atom stereocenters. The molecule has 2 heterocycles. The SMILES string of the molecule is CCNC(=NCC1CCCN(C(=O)OC(C)(C)C)C1)NCC1CCCS1. The van der Waals surface area contributed by atoms with Crippen LogP contribution < -0.4 is 10.6 Å². The molecule has 2 aliphatic rings. The van der Waals surface area contributed by atoms with Crippen molar-refractivity contribution in [1.29, 1.82) is 0 Å². The fraction of sp³-hybridized carbons (Fsp3) is 0.895. The van der Waals surface area contributed by atoms with Crippen LogP contribution in [0.4, 0.5) is 4.79 Å². The third-order valence-electron chi connectivity index (χ3n) is 4.54. The minimum atomic E-state index is -0.442. The molecule has 0 aliphatic carbocycles. The molecule has 2 saturated heterocycles. The van der Waals surface area contributed by atoms with Crippen molar-refractivity contribution in [2.45, 2.75) is 64.2 Å². The number of nitrogens with zero attached hydrogens (tertiary/aromatic N) is 2. The number of guanidine groups is 1. The molecular formula is C19H36N4O2S. The summed E-state index contributed by atoms with van der Waals surface area (Å²) in [5, 5.41) is 7.52. The summed E-state index contributed by atoms with van der Waals surface area (Å²) in [6.45, 7) is 11.9. The predicted molar refractivity (Wildman–Crippen MR) is 110 cm³/mol. The lowest BCUT2D eigenvalue weighted by Crippen LogP contribution is -2.44. The van der Waals surface area contributed by atoms with Crippen molar-refractivity contribution in [3.8, 4) is 0 Å². The molecule has 2 N–H and O–H groups in total. The van der Waals surface area contributed by atoms with Crippen molar-refractivity contribution < 1.29 is 9.53 Å². The van der Waals surface area contributed by atoms with E-state index in [1.807, 2.05) is 25.7 Å². The second-order valence-electron chi connectivity index (χ2n) is 8.17. The third-order valence-corrected chi connectivity index (χ3v) is 5.94. The number of likely N-dealkylation sites (tertiary alicyclic amines) is 1. The number of carbonyl (C=O) groups excluding carboxylic acids is 1. The smallest absolute Gasteiger partial charge is 0.410 e. The van der Waals surface area contributed by atoms with Crippen LogP contribution in [0.15, 0.2) is 4.99 Å². The molecule has 150 valence electrons. The zero-order valence-electron chi connectivity index (χ0n) is 16.8. The van der Waals surface area contributed by atoms with Gasteiger partial charge in [-0.15, -0.1) is 0 Å². The van der Waals surface area contributed by atoms with E-state index < -0.39 is 5.60 Å². The third kappa shape index (κ3) is 7.64. The average Bonchev–Trinajstić information content (AvgIpc) is 3.09. The molecule has 2 aliphatic heterocycles. The first-order chi connectivity index (χ1) is 12.4. The Morgan fingerprint density at radius 3 is 2.73 bits per heavy atom. The Labute approximate surface area is 162 Å². The van der Waals surface area contributed by atoms with Crippen molar-refractivity contribution in [2.24, 2.45) is 10.9 Å². The van der Waals surface area contributed by atoms with Crippen molar-refractivity contribution in [1.82, 2.24) is 15.5 Å². The van der Waals surface area contributed by atoms with Crippen molar-refractivity contribution in [3.63, 3.8) is 0 Å². The average molecular weight is 385 g/mol. The number of carbonyl (C=O) groups is 1. The van der Waals surface area contributed by atoms with Crippen LogP contribution in [0.5, 0.6) is 0 Å². The zero-order valence-corrected chi connectivity index (χ0v) is 17.7. The van der Waals surface area contributed by atoms with Crippen LogP contribution in [0.3, 0.4) is 0 Å². The molecule has 2 atom stereocenters.